The van der Waals surface area contributed by atoms with Gasteiger partial charge in [-0.1, -0.05) is 23.7 Å². The molecule has 1 aromatic rings. The maximum absolute atomic E-state index is 11.5. The fraction of sp³-hybridized carbons (Fsp3) is 0.462. The Morgan fingerprint density at radius 3 is 2.94 bits per heavy atom. The lowest BCUT2D eigenvalue weighted by molar-refractivity contribution is -0.124. The van der Waals surface area contributed by atoms with E-state index >= 15 is 0 Å². The van der Waals surface area contributed by atoms with E-state index in [9.17, 15) is 4.79 Å². The number of rotatable bonds is 5. The number of nitrogens with zero attached hydrogens (tertiary/aromatic N) is 1. The van der Waals surface area contributed by atoms with Crippen molar-refractivity contribution in [3.63, 3.8) is 0 Å². The molecule has 2 N–H and O–H groups in total. The number of hydrogen-bond donors (Lipinski definition) is 2. The predicted molar refractivity (Wildman–Crippen MR) is 70.6 cm³/mol. The quantitative estimate of drug-likeness (QED) is 0.826. The first-order valence-electron chi connectivity index (χ1n) is 6.05. The number of β-amino-alcohol motifs (C(OH)–C–C–N with tert-alkyl or cyclic N) is 1. The van der Waals surface area contributed by atoms with Crippen LogP contribution in [0.25, 0.3) is 0 Å². The molecule has 1 amide bonds. The molecule has 0 atom stereocenters. The van der Waals surface area contributed by atoms with E-state index in [4.69, 9.17) is 16.7 Å². The summed E-state index contributed by atoms with van der Waals surface area (Å²) >= 11 is 5.88. The normalized spacial score (nSPS) is 16.3. The Kier molecular flexibility index (Phi) is 4.58. The summed E-state index contributed by atoms with van der Waals surface area (Å²) < 4.78 is 0. The van der Waals surface area contributed by atoms with Crippen LogP contribution in [0.2, 0.25) is 5.02 Å². The first-order chi connectivity index (χ1) is 8.63. The number of carbonyl (C=O) groups excluding carboxylic acids is 1. The van der Waals surface area contributed by atoms with Crippen molar-refractivity contribution < 1.29 is 9.90 Å². The number of benzene rings is 1. The summed E-state index contributed by atoms with van der Waals surface area (Å²) in [5, 5.41) is 12.7. The molecule has 0 unspecified atom stereocenters. The molecule has 0 radical (unpaired) electrons. The van der Waals surface area contributed by atoms with Gasteiger partial charge in [-0.05, 0) is 24.1 Å². The van der Waals surface area contributed by atoms with Crippen molar-refractivity contribution in [2.24, 2.45) is 0 Å². The number of amides is 1. The summed E-state index contributed by atoms with van der Waals surface area (Å²) in [5.41, 5.74) is 1.11. The van der Waals surface area contributed by atoms with Crippen molar-refractivity contribution in [3.05, 3.63) is 34.9 Å². The van der Waals surface area contributed by atoms with Gasteiger partial charge in [-0.15, -0.1) is 0 Å². The van der Waals surface area contributed by atoms with E-state index < -0.39 is 0 Å². The summed E-state index contributed by atoms with van der Waals surface area (Å²) in [6.07, 6.45) is 0.513. The van der Waals surface area contributed by atoms with Crippen molar-refractivity contribution in [1.29, 1.82) is 0 Å². The van der Waals surface area contributed by atoms with E-state index in [1.54, 1.807) is 0 Å². The predicted octanol–water partition coefficient (Wildman–Crippen LogP) is 0.675. The Labute approximate surface area is 112 Å². The van der Waals surface area contributed by atoms with Crippen LogP contribution in [0.1, 0.15) is 5.56 Å². The topological polar surface area (TPSA) is 52.6 Å². The molecule has 1 heterocycles. The van der Waals surface area contributed by atoms with Crippen molar-refractivity contribution in [1.82, 2.24) is 10.2 Å². The largest absolute Gasteiger partial charge is 0.390 e. The molecule has 0 aromatic heterocycles. The average molecular weight is 269 g/mol. The van der Waals surface area contributed by atoms with Crippen molar-refractivity contribution in [2.45, 2.75) is 12.5 Å². The number of carbonyl (C=O) groups is 1. The number of halogens is 1. The van der Waals surface area contributed by atoms with Crippen molar-refractivity contribution in [2.75, 3.05) is 26.2 Å². The third-order valence-corrected chi connectivity index (χ3v) is 3.17. The van der Waals surface area contributed by atoms with Crippen LogP contribution >= 0.6 is 11.6 Å². The Morgan fingerprint density at radius 2 is 2.28 bits per heavy atom. The molecular formula is C13H17ClN2O2. The Bertz CT molecular complexity index is 419. The molecule has 0 aliphatic carbocycles. The van der Waals surface area contributed by atoms with Crippen molar-refractivity contribution in [3.8, 4) is 0 Å². The zero-order valence-electron chi connectivity index (χ0n) is 10.1. The fourth-order valence-electron chi connectivity index (χ4n) is 1.97. The number of likely N-dealkylation sites (tertiary alicyclic amines) is 1. The van der Waals surface area contributed by atoms with Gasteiger partial charge >= 0.3 is 0 Å². The summed E-state index contributed by atoms with van der Waals surface area (Å²) in [7, 11) is 0. The van der Waals surface area contributed by atoms with Crippen LogP contribution in [0.15, 0.2) is 24.3 Å². The van der Waals surface area contributed by atoms with Gasteiger partial charge in [-0.3, -0.25) is 9.69 Å². The van der Waals surface area contributed by atoms with E-state index in [0.717, 1.165) is 12.0 Å². The van der Waals surface area contributed by atoms with Crippen LogP contribution in [-0.2, 0) is 11.2 Å². The highest BCUT2D eigenvalue weighted by atomic mass is 35.5. The minimum atomic E-state index is -0.260. The van der Waals surface area contributed by atoms with E-state index in [0.29, 0.717) is 31.2 Å². The fourth-order valence-corrected chi connectivity index (χ4v) is 2.18. The van der Waals surface area contributed by atoms with Crippen LogP contribution in [-0.4, -0.2) is 48.2 Å². The van der Waals surface area contributed by atoms with E-state index in [2.05, 4.69) is 5.32 Å². The second-order valence-electron chi connectivity index (χ2n) is 4.58. The molecule has 4 nitrogen and oxygen atoms in total. The maximum Gasteiger partial charge on any atom is 0.234 e. The van der Waals surface area contributed by atoms with Crippen LogP contribution < -0.4 is 5.32 Å². The molecule has 1 aromatic carbocycles. The Morgan fingerprint density at radius 1 is 1.50 bits per heavy atom. The number of nitrogens with one attached hydrogen (secondary N) is 1. The molecule has 0 spiro atoms. The molecule has 1 aliphatic rings. The van der Waals surface area contributed by atoms with Gasteiger partial charge in [-0.2, -0.15) is 0 Å². The maximum atomic E-state index is 11.5. The Balaban J connectivity index is 1.64. The van der Waals surface area contributed by atoms with Gasteiger partial charge in [0.05, 0.1) is 12.6 Å². The van der Waals surface area contributed by atoms with Crippen LogP contribution in [0.5, 0.6) is 0 Å². The molecule has 1 saturated heterocycles. The third-order valence-electron chi connectivity index (χ3n) is 2.93. The standard InChI is InChI=1S/C13H17ClN2O2/c14-11-3-1-2-10(6-11)4-5-15-13(18)9-16-7-12(17)8-16/h1-3,6,12,17H,4-5,7-9H2,(H,15,18). The van der Waals surface area contributed by atoms with Gasteiger partial charge < -0.3 is 10.4 Å². The number of aliphatic hydroxyl groups excluding tert-OH is 1. The lowest BCUT2D eigenvalue weighted by Crippen LogP contribution is -2.54. The summed E-state index contributed by atoms with van der Waals surface area (Å²) in [6, 6.07) is 7.63. The van der Waals surface area contributed by atoms with E-state index in [1.807, 2.05) is 29.2 Å². The lowest BCUT2D eigenvalue weighted by atomic mass is 10.1. The minimum absolute atomic E-state index is 0.00364. The molecule has 0 saturated carbocycles. The van der Waals surface area contributed by atoms with Gasteiger partial charge in [0, 0.05) is 24.7 Å². The summed E-state index contributed by atoms with van der Waals surface area (Å²) in [6.45, 7) is 2.17. The SMILES string of the molecule is O=C(CN1CC(O)C1)NCCc1cccc(Cl)c1. The third kappa shape index (κ3) is 3.98. The second-order valence-corrected chi connectivity index (χ2v) is 5.01. The zero-order valence-corrected chi connectivity index (χ0v) is 10.9. The highest BCUT2D eigenvalue weighted by molar-refractivity contribution is 6.30. The van der Waals surface area contributed by atoms with Crippen LogP contribution in [0.3, 0.4) is 0 Å². The second kappa shape index (κ2) is 6.18. The first-order valence-corrected chi connectivity index (χ1v) is 6.43. The molecule has 98 valence electrons. The van der Waals surface area contributed by atoms with Crippen molar-refractivity contribution >= 4 is 17.5 Å². The first kappa shape index (κ1) is 13.3. The molecule has 18 heavy (non-hydrogen) atoms. The smallest absolute Gasteiger partial charge is 0.234 e. The van der Waals surface area contributed by atoms with Crippen LogP contribution in [0, 0.1) is 0 Å². The van der Waals surface area contributed by atoms with Gasteiger partial charge in [-0.25, -0.2) is 0 Å². The summed E-state index contributed by atoms with van der Waals surface area (Å²) in [4.78, 5) is 13.5. The molecule has 5 heteroatoms. The minimum Gasteiger partial charge on any atom is -0.390 e. The molecular weight excluding hydrogens is 252 g/mol. The van der Waals surface area contributed by atoms with Gasteiger partial charge in [0.15, 0.2) is 0 Å². The number of hydrogen-bond acceptors (Lipinski definition) is 3. The molecule has 2 rings (SSSR count). The summed E-state index contributed by atoms with van der Waals surface area (Å²) in [5.74, 6) is 0.00364. The highest BCUT2D eigenvalue weighted by Crippen LogP contribution is 2.10. The molecule has 1 aliphatic heterocycles. The number of aliphatic hydroxyl groups is 1. The highest BCUT2D eigenvalue weighted by Gasteiger charge is 2.25. The Hall–Kier alpha value is -1.10. The molecule has 1 fully saturated rings. The average Bonchev–Trinajstić information content (AvgIpc) is 2.27. The lowest BCUT2D eigenvalue weighted by Gasteiger charge is -2.35. The van der Waals surface area contributed by atoms with E-state index in [1.165, 1.54) is 0 Å². The van der Waals surface area contributed by atoms with E-state index in [-0.39, 0.29) is 12.0 Å². The zero-order chi connectivity index (χ0) is 13.0. The molecule has 0 bridgehead atoms. The van der Waals surface area contributed by atoms with Gasteiger partial charge in [0.1, 0.15) is 0 Å². The monoisotopic (exact) mass is 268 g/mol. The van der Waals surface area contributed by atoms with Gasteiger partial charge in [0.2, 0.25) is 5.91 Å². The van der Waals surface area contributed by atoms with Gasteiger partial charge in [0.25, 0.3) is 0 Å². The van der Waals surface area contributed by atoms with Crippen LogP contribution in [0.4, 0.5) is 0 Å².